The summed E-state index contributed by atoms with van der Waals surface area (Å²) < 4.78 is 21.2. The van der Waals surface area contributed by atoms with Gasteiger partial charge >= 0.3 is 11.5 Å². The number of hydrogen-bond donors (Lipinski definition) is 0. The summed E-state index contributed by atoms with van der Waals surface area (Å²) in [6.07, 6.45) is 0. The Morgan fingerprint density at radius 3 is 2.60 bits per heavy atom. The van der Waals surface area contributed by atoms with Crippen molar-refractivity contribution in [2.24, 2.45) is 0 Å². The van der Waals surface area contributed by atoms with Gasteiger partial charge in [-0.05, 0) is 12.1 Å². The molecule has 5 nitrogen and oxygen atoms in total. The second-order valence-corrected chi connectivity index (χ2v) is 4.43. The van der Waals surface area contributed by atoms with Gasteiger partial charge in [0.25, 0.3) is 0 Å². The minimum atomic E-state index is -0.672. The molecule has 98 valence electrons. The van der Waals surface area contributed by atoms with E-state index in [1.54, 1.807) is 30.3 Å². The number of halogens is 1. The summed E-state index contributed by atoms with van der Waals surface area (Å²) in [5, 5.41) is 12.4. The Bertz CT molecular complexity index is 988. The van der Waals surface area contributed by atoms with Crippen molar-refractivity contribution in [2.45, 2.75) is 0 Å². The van der Waals surface area contributed by atoms with Crippen LogP contribution < -0.4 is 15.3 Å². The monoisotopic (exact) mass is 270 g/mol. The Labute approximate surface area is 111 Å². The molecule has 1 aromatic carbocycles. The Balaban J connectivity index is 2.26. The molecule has 0 spiro atoms. The first-order valence-corrected chi connectivity index (χ1v) is 5.91. The van der Waals surface area contributed by atoms with Gasteiger partial charge in [-0.25, -0.2) is 9.18 Å². The summed E-state index contributed by atoms with van der Waals surface area (Å²) in [4.78, 5) is 11.7. The minimum Gasteiger partial charge on any atom is -0.839 e. The zero-order valence-corrected chi connectivity index (χ0v) is 10.0. The number of hydrogen-bond acceptors (Lipinski definition) is 3. The molecule has 0 aliphatic rings. The fraction of sp³-hybridized carbons (Fsp3) is 0. The topological polar surface area (TPSA) is 61.6 Å². The molecule has 0 saturated heterocycles. The first-order valence-electron chi connectivity index (χ1n) is 5.91. The lowest BCUT2D eigenvalue weighted by Crippen LogP contribution is -2.33. The van der Waals surface area contributed by atoms with E-state index in [1.165, 1.54) is 8.97 Å². The molecule has 6 heteroatoms. The minimum absolute atomic E-state index is 0.0155. The number of oxazole rings is 1. The average Bonchev–Trinajstić information content (AvgIpc) is 2.90. The number of para-hydroxylation sites is 1. The van der Waals surface area contributed by atoms with E-state index < -0.39 is 17.3 Å². The Morgan fingerprint density at radius 2 is 1.85 bits per heavy atom. The van der Waals surface area contributed by atoms with Crippen molar-refractivity contribution in [1.29, 1.82) is 0 Å². The second kappa shape index (κ2) is 3.57. The maximum atomic E-state index is 13.5. The summed E-state index contributed by atoms with van der Waals surface area (Å²) in [6.45, 7) is 0. The van der Waals surface area contributed by atoms with Gasteiger partial charge in [-0.1, -0.05) is 18.2 Å². The number of benzene rings is 1. The smallest absolute Gasteiger partial charge is 0.475 e. The molecule has 0 aliphatic heterocycles. The Hall–Kier alpha value is -2.89. The van der Waals surface area contributed by atoms with Crippen molar-refractivity contribution in [3.63, 3.8) is 0 Å². The van der Waals surface area contributed by atoms with Crippen LogP contribution in [0.4, 0.5) is 4.39 Å². The number of aromatic nitrogens is 2. The quantitative estimate of drug-likeness (QED) is 0.484. The second-order valence-electron chi connectivity index (χ2n) is 4.43. The Kier molecular flexibility index (Phi) is 1.96. The van der Waals surface area contributed by atoms with Crippen LogP contribution in [0.15, 0.2) is 51.7 Å². The lowest BCUT2D eigenvalue weighted by Gasteiger charge is -2.03. The molecule has 3 heterocycles. The highest BCUT2D eigenvalue weighted by Crippen LogP contribution is 2.22. The third kappa shape index (κ3) is 1.25. The maximum absolute atomic E-state index is 13.5. The van der Waals surface area contributed by atoms with Crippen LogP contribution in [0.1, 0.15) is 0 Å². The molecule has 0 unspecified atom stereocenters. The van der Waals surface area contributed by atoms with E-state index in [0.29, 0.717) is 5.69 Å². The standard InChI is InChI=1S/C14H7FN2O3/c15-8-6-10-12(18)16(9-4-2-1-3-5-9)14-17(10)11(7-8)13(19)20-14/h1-7H. The largest absolute Gasteiger partial charge is 0.839 e. The first-order chi connectivity index (χ1) is 9.66. The lowest BCUT2D eigenvalue weighted by molar-refractivity contribution is -0.631. The van der Waals surface area contributed by atoms with Crippen LogP contribution in [0, 0.1) is 5.82 Å². The van der Waals surface area contributed by atoms with Crippen LogP contribution in [0.2, 0.25) is 0 Å². The maximum Gasteiger partial charge on any atom is 0.475 e. The molecule has 3 aromatic heterocycles. The molecule has 0 atom stereocenters. The molecule has 0 aliphatic carbocycles. The van der Waals surface area contributed by atoms with Crippen molar-refractivity contribution in [3.8, 4) is 11.6 Å². The van der Waals surface area contributed by atoms with Gasteiger partial charge in [0.05, 0.1) is 0 Å². The van der Waals surface area contributed by atoms with Gasteiger partial charge in [-0.3, -0.25) is 0 Å². The molecule has 0 N–H and O–H groups in total. The predicted molar refractivity (Wildman–Crippen MR) is 65.6 cm³/mol. The number of imidazole rings is 1. The molecular weight excluding hydrogens is 263 g/mol. The molecular formula is C14H7FN2O3. The van der Waals surface area contributed by atoms with Gasteiger partial charge in [0, 0.05) is 12.1 Å². The predicted octanol–water partition coefficient (Wildman–Crippen LogP) is 0.973. The van der Waals surface area contributed by atoms with Crippen LogP contribution in [-0.2, 0) is 0 Å². The van der Waals surface area contributed by atoms with E-state index in [-0.39, 0.29) is 16.9 Å². The first kappa shape index (κ1) is 11.0. The molecule has 4 aromatic rings. The van der Waals surface area contributed by atoms with Crippen molar-refractivity contribution in [2.75, 3.05) is 0 Å². The van der Waals surface area contributed by atoms with E-state index in [0.717, 1.165) is 12.1 Å². The summed E-state index contributed by atoms with van der Waals surface area (Å²) >= 11 is 0. The van der Waals surface area contributed by atoms with Crippen molar-refractivity contribution < 1.29 is 18.5 Å². The van der Waals surface area contributed by atoms with Gasteiger partial charge in [0.15, 0.2) is 5.52 Å². The van der Waals surface area contributed by atoms with E-state index in [2.05, 4.69) is 0 Å². The highest BCUT2D eigenvalue weighted by Gasteiger charge is 2.27. The molecule has 0 amide bonds. The van der Waals surface area contributed by atoms with E-state index in [4.69, 9.17) is 4.42 Å². The lowest BCUT2D eigenvalue weighted by atomic mass is 10.3. The van der Waals surface area contributed by atoms with Crippen molar-refractivity contribution in [3.05, 3.63) is 58.7 Å². The third-order valence-electron chi connectivity index (χ3n) is 3.24. The molecule has 4 rings (SSSR count). The zero-order valence-electron chi connectivity index (χ0n) is 10.0. The molecule has 0 saturated carbocycles. The highest BCUT2D eigenvalue weighted by molar-refractivity contribution is 5.68. The number of pyridine rings is 1. The third-order valence-corrected chi connectivity index (χ3v) is 3.24. The fourth-order valence-electron chi connectivity index (χ4n) is 2.41. The highest BCUT2D eigenvalue weighted by atomic mass is 19.1. The van der Waals surface area contributed by atoms with Crippen LogP contribution in [0.5, 0.6) is 5.88 Å². The zero-order chi connectivity index (χ0) is 13.9. The normalized spacial score (nSPS) is 11.7. The molecule has 20 heavy (non-hydrogen) atoms. The van der Waals surface area contributed by atoms with Crippen LogP contribution in [0.25, 0.3) is 22.6 Å². The summed E-state index contributed by atoms with van der Waals surface area (Å²) in [7, 11) is 0. The fourth-order valence-corrected chi connectivity index (χ4v) is 2.41. The van der Waals surface area contributed by atoms with Gasteiger partial charge in [0.1, 0.15) is 17.4 Å². The van der Waals surface area contributed by atoms with E-state index in [1.807, 2.05) is 0 Å². The van der Waals surface area contributed by atoms with Gasteiger partial charge in [-0.2, -0.15) is 4.57 Å². The van der Waals surface area contributed by atoms with Crippen LogP contribution in [0.3, 0.4) is 0 Å². The van der Waals surface area contributed by atoms with Gasteiger partial charge in [-0.15, -0.1) is 4.40 Å². The van der Waals surface area contributed by atoms with Crippen LogP contribution >= 0.6 is 0 Å². The van der Waals surface area contributed by atoms with Gasteiger partial charge < -0.3 is 9.52 Å². The summed E-state index contributed by atoms with van der Waals surface area (Å²) in [6, 6.07) is 10.9. The Morgan fingerprint density at radius 1 is 1.15 bits per heavy atom. The SMILES string of the molecule is O=c1oc2n3c(cc(F)cc13)c([O-])[n+]2-c1ccccc1. The van der Waals surface area contributed by atoms with Crippen molar-refractivity contribution >= 4 is 16.9 Å². The summed E-state index contributed by atoms with van der Waals surface area (Å²) in [5.41, 5.74) is -0.0297. The molecule has 0 bridgehead atoms. The molecule has 0 radical (unpaired) electrons. The van der Waals surface area contributed by atoms with E-state index in [9.17, 15) is 14.3 Å². The summed E-state index contributed by atoms with van der Waals surface area (Å²) in [5.74, 6) is -0.997. The average molecular weight is 270 g/mol. The van der Waals surface area contributed by atoms with Gasteiger partial charge in [0.2, 0.25) is 5.52 Å². The number of nitrogens with zero attached hydrogens (tertiary/aromatic N) is 2. The molecule has 0 fully saturated rings. The van der Waals surface area contributed by atoms with Crippen molar-refractivity contribution in [1.82, 2.24) is 4.40 Å². The number of rotatable bonds is 1. The van der Waals surface area contributed by atoms with Crippen LogP contribution in [-0.4, -0.2) is 4.40 Å². The van der Waals surface area contributed by atoms with E-state index >= 15 is 0 Å².